The Labute approximate surface area is 178 Å². The SMILES string of the molecule is C=[P+](C)CCC(=O)N1CC2CC2(c2ccc(N3CC(CNC(C)=O)OC3=O)cc2)C1. The second-order valence-electron chi connectivity index (χ2n) is 8.76. The molecule has 160 valence electrons. The number of anilines is 1. The third kappa shape index (κ3) is 4.08. The van der Waals surface area contributed by atoms with Gasteiger partial charge in [0.2, 0.25) is 11.8 Å². The van der Waals surface area contributed by atoms with Crippen molar-refractivity contribution in [1.82, 2.24) is 10.2 Å². The van der Waals surface area contributed by atoms with Gasteiger partial charge in [0, 0.05) is 31.1 Å². The van der Waals surface area contributed by atoms with E-state index in [1.54, 1.807) is 4.90 Å². The van der Waals surface area contributed by atoms with Crippen molar-refractivity contribution in [1.29, 1.82) is 0 Å². The Morgan fingerprint density at radius 1 is 1.30 bits per heavy atom. The summed E-state index contributed by atoms with van der Waals surface area (Å²) in [4.78, 5) is 39.4. The van der Waals surface area contributed by atoms with Crippen molar-refractivity contribution in [3.63, 3.8) is 0 Å². The lowest BCUT2D eigenvalue weighted by atomic mass is 9.94. The van der Waals surface area contributed by atoms with Gasteiger partial charge < -0.3 is 15.0 Å². The van der Waals surface area contributed by atoms with Gasteiger partial charge in [-0.15, -0.1) is 0 Å². The molecule has 30 heavy (non-hydrogen) atoms. The van der Waals surface area contributed by atoms with E-state index in [0.29, 0.717) is 25.4 Å². The molecule has 1 aromatic rings. The largest absolute Gasteiger partial charge is 0.442 e. The average molecular weight is 430 g/mol. The van der Waals surface area contributed by atoms with Gasteiger partial charge in [0.1, 0.15) is 12.3 Å². The molecular weight excluding hydrogens is 401 g/mol. The van der Waals surface area contributed by atoms with E-state index in [0.717, 1.165) is 31.4 Å². The topological polar surface area (TPSA) is 79.0 Å². The lowest BCUT2D eigenvalue weighted by Crippen LogP contribution is -2.33. The molecule has 2 saturated heterocycles. The first-order valence-electron chi connectivity index (χ1n) is 10.4. The maximum atomic E-state index is 12.5. The van der Waals surface area contributed by atoms with Crippen LogP contribution in [0.4, 0.5) is 10.5 Å². The van der Waals surface area contributed by atoms with Crippen LogP contribution >= 0.6 is 7.55 Å². The number of piperidine rings is 1. The average Bonchev–Trinajstić information content (AvgIpc) is 3.07. The molecule has 4 unspecified atom stereocenters. The molecule has 4 rings (SSSR count). The Hall–Kier alpha value is -2.40. The summed E-state index contributed by atoms with van der Waals surface area (Å²) < 4.78 is 5.34. The molecule has 3 amide bonds. The predicted molar refractivity (Wildman–Crippen MR) is 119 cm³/mol. The fourth-order valence-corrected chi connectivity index (χ4v) is 5.21. The van der Waals surface area contributed by atoms with Crippen molar-refractivity contribution in [2.75, 3.05) is 43.9 Å². The maximum absolute atomic E-state index is 12.5. The third-order valence-electron chi connectivity index (χ3n) is 6.41. The Balaban J connectivity index is 1.38. The smallest absolute Gasteiger partial charge is 0.414 e. The standard InChI is InChI=1S/C22H28N3O4P/c1-15(26)23-11-19-13-25(21(28)29-19)18-6-4-16(5-7-18)22-10-17(22)12-24(14-22)20(27)8-9-30(2)3/h4-7,17,19H,2,8-14H2,1,3H3/p+1. The van der Waals surface area contributed by atoms with Crippen LogP contribution in [0.5, 0.6) is 0 Å². The first kappa shape index (κ1) is 20.9. The minimum absolute atomic E-state index is 0.0784. The van der Waals surface area contributed by atoms with Crippen LogP contribution in [0, 0.1) is 5.92 Å². The highest BCUT2D eigenvalue weighted by Gasteiger charge is 2.61. The Morgan fingerprint density at radius 3 is 2.70 bits per heavy atom. The summed E-state index contributed by atoms with van der Waals surface area (Å²) in [5, 5.41) is 2.69. The minimum Gasteiger partial charge on any atom is -0.442 e. The number of fused-ring (bicyclic) bond motifs is 1. The summed E-state index contributed by atoms with van der Waals surface area (Å²) in [5.41, 5.74) is 2.11. The molecule has 0 bridgehead atoms. The highest BCUT2D eigenvalue weighted by molar-refractivity contribution is 7.54. The highest BCUT2D eigenvalue weighted by atomic mass is 31.1. The molecule has 0 radical (unpaired) electrons. The normalized spacial score (nSPS) is 27.5. The van der Waals surface area contributed by atoms with Crippen LogP contribution in [-0.2, 0) is 19.7 Å². The molecule has 1 saturated carbocycles. The number of cyclic esters (lactones) is 1. The van der Waals surface area contributed by atoms with E-state index in [-0.39, 0.29) is 37.0 Å². The van der Waals surface area contributed by atoms with E-state index in [1.807, 2.05) is 17.0 Å². The summed E-state index contributed by atoms with van der Waals surface area (Å²) in [6.45, 7) is 5.92. The number of carbonyl (C=O) groups is 3. The van der Waals surface area contributed by atoms with E-state index in [9.17, 15) is 14.4 Å². The van der Waals surface area contributed by atoms with Gasteiger partial charge in [-0.05, 0) is 30.0 Å². The molecule has 4 atom stereocenters. The number of hydrogen-bond donors (Lipinski definition) is 1. The van der Waals surface area contributed by atoms with Gasteiger partial charge in [0.15, 0.2) is 0 Å². The Kier molecular flexibility index (Phi) is 5.58. The molecule has 2 aliphatic heterocycles. The zero-order valence-corrected chi connectivity index (χ0v) is 18.5. The molecule has 3 fully saturated rings. The Bertz CT molecular complexity index is 887. The molecule has 1 aliphatic carbocycles. The van der Waals surface area contributed by atoms with Crippen molar-refractivity contribution in [3.05, 3.63) is 29.8 Å². The molecule has 3 aliphatic rings. The number of hydrogen-bond acceptors (Lipinski definition) is 4. The number of amides is 3. The lowest BCUT2D eigenvalue weighted by Gasteiger charge is -2.21. The van der Waals surface area contributed by atoms with E-state index in [1.165, 1.54) is 12.5 Å². The van der Waals surface area contributed by atoms with Crippen molar-refractivity contribution >= 4 is 37.4 Å². The highest BCUT2D eigenvalue weighted by Crippen LogP contribution is 2.59. The van der Waals surface area contributed by atoms with Gasteiger partial charge >= 0.3 is 6.09 Å². The summed E-state index contributed by atoms with van der Waals surface area (Å²) in [7, 11) is -0.286. The van der Waals surface area contributed by atoms with E-state index in [4.69, 9.17) is 4.74 Å². The lowest BCUT2D eigenvalue weighted by molar-refractivity contribution is -0.130. The summed E-state index contributed by atoms with van der Waals surface area (Å²) in [5.74, 6) is 0.647. The predicted octanol–water partition coefficient (Wildman–Crippen LogP) is 2.18. The van der Waals surface area contributed by atoms with Gasteiger partial charge in [-0.25, -0.2) is 4.79 Å². The van der Waals surface area contributed by atoms with Crippen LogP contribution in [0.2, 0.25) is 0 Å². The summed E-state index contributed by atoms with van der Waals surface area (Å²) in [6, 6.07) is 8.08. The molecule has 0 aromatic heterocycles. The van der Waals surface area contributed by atoms with Crippen molar-refractivity contribution in [2.24, 2.45) is 5.92 Å². The fourth-order valence-electron chi connectivity index (χ4n) is 4.63. The first-order chi connectivity index (χ1) is 14.3. The number of rotatable bonds is 7. The van der Waals surface area contributed by atoms with Crippen LogP contribution in [0.15, 0.2) is 24.3 Å². The molecule has 7 nitrogen and oxygen atoms in total. The zero-order valence-electron chi connectivity index (χ0n) is 17.6. The van der Waals surface area contributed by atoms with E-state index in [2.05, 4.69) is 30.4 Å². The van der Waals surface area contributed by atoms with Crippen LogP contribution in [0.3, 0.4) is 0 Å². The van der Waals surface area contributed by atoms with Crippen molar-refractivity contribution in [2.45, 2.75) is 31.3 Å². The molecule has 1 N–H and O–H groups in total. The van der Waals surface area contributed by atoms with Gasteiger partial charge in [-0.1, -0.05) is 12.1 Å². The van der Waals surface area contributed by atoms with Gasteiger partial charge in [-0.3, -0.25) is 14.5 Å². The number of nitrogens with one attached hydrogen (secondary N) is 1. The van der Waals surface area contributed by atoms with Gasteiger partial charge in [0.05, 0.1) is 40.0 Å². The van der Waals surface area contributed by atoms with Crippen LogP contribution in [0.25, 0.3) is 0 Å². The van der Waals surface area contributed by atoms with E-state index < -0.39 is 0 Å². The molecule has 2 heterocycles. The monoisotopic (exact) mass is 430 g/mol. The molecular formula is C22H29N3O4P+. The van der Waals surface area contributed by atoms with Crippen LogP contribution < -0.4 is 10.2 Å². The number of nitrogens with zero attached hydrogens (tertiary/aromatic N) is 2. The first-order valence-corrected chi connectivity index (χ1v) is 12.6. The van der Waals surface area contributed by atoms with E-state index >= 15 is 0 Å². The van der Waals surface area contributed by atoms with Crippen LogP contribution in [0.1, 0.15) is 25.3 Å². The second-order valence-corrected chi connectivity index (χ2v) is 10.9. The molecule has 0 spiro atoms. The number of benzene rings is 1. The second kappa shape index (κ2) is 8.03. The van der Waals surface area contributed by atoms with Crippen LogP contribution in [-0.4, -0.2) is 74.2 Å². The van der Waals surface area contributed by atoms with Crippen molar-refractivity contribution < 1.29 is 19.1 Å². The number of likely N-dealkylation sites (tertiary alicyclic amines) is 1. The van der Waals surface area contributed by atoms with Gasteiger partial charge in [-0.2, -0.15) is 0 Å². The summed E-state index contributed by atoms with van der Waals surface area (Å²) >= 11 is 0. The number of ether oxygens (including phenoxy) is 1. The fraction of sp³-hybridized carbons (Fsp3) is 0.545. The van der Waals surface area contributed by atoms with Gasteiger partial charge in [0.25, 0.3) is 0 Å². The third-order valence-corrected chi connectivity index (χ3v) is 7.40. The quantitative estimate of drug-likeness (QED) is 0.673. The molecule has 8 heteroatoms. The zero-order chi connectivity index (χ0) is 21.5. The molecule has 1 aromatic carbocycles. The Morgan fingerprint density at radius 2 is 2.03 bits per heavy atom. The number of carbonyl (C=O) groups excluding carboxylic acids is 3. The van der Waals surface area contributed by atoms with Crippen molar-refractivity contribution in [3.8, 4) is 0 Å². The summed E-state index contributed by atoms with van der Waals surface area (Å²) in [6.07, 6.45) is 5.91. The minimum atomic E-state index is -0.389. The maximum Gasteiger partial charge on any atom is 0.414 e.